The molecule has 1 fully saturated rings. The third-order valence-electron chi connectivity index (χ3n) is 3.85. The first-order valence-electron chi connectivity index (χ1n) is 6.14. The van der Waals surface area contributed by atoms with E-state index in [-0.39, 0.29) is 11.1 Å². The van der Waals surface area contributed by atoms with E-state index in [1.807, 2.05) is 33.8 Å². The Kier molecular flexibility index (Phi) is 3.08. The second-order valence-electron chi connectivity index (χ2n) is 5.80. The van der Waals surface area contributed by atoms with Gasteiger partial charge in [-0.2, -0.15) is 5.26 Å². The molecule has 0 atom stereocenters. The standard InChI is InChI=1S/C13H17BN2O3/c1-12(2)13(3,4)19-14(18-12)10-6-9(7-15)11(17)16(5)8-10/h6,8H,1-5H3. The molecule has 2 heterocycles. The van der Waals surface area contributed by atoms with E-state index >= 15 is 0 Å². The van der Waals surface area contributed by atoms with Gasteiger partial charge in [0.25, 0.3) is 5.56 Å². The predicted octanol–water partition coefficient (Wildman–Crippen LogP) is 0.556. The van der Waals surface area contributed by atoms with Gasteiger partial charge in [-0.15, -0.1) is 0 Å². The minimum absolute atomic E-state index is 0.0923. The van der Waals surface area contributed by atoms with Crippen molar-refractivity contribution in [2.75, 3.05) is 0 Å². The fourth-order valence-corrected chi connectivity index (χ4v) is 1.93. The monoisotopic (exact) mass is 260 g/mol. The number of nitrogens with zero attached hydrogens (tertiary/aromatic N) is 2. The summed E-state index contributed by atoms with van der Waals surface area (Å²) in [7, 11) is 1.04. The Balaban J connectivity index is 2.44. The minimum Gasteiger partial charge on any atom is -0.399 e. The summed E-state index contributed by atoms with van der Waals surface area (Å²) in [6, 6.07) is 3.43. The first-order chi connectivity index (χ1) is 8.68. The van der Waals surface area contributed by atoms with Crippen LogP contribution in [0.4, 0.5) is 0 Å². The smallest absolute Gasteiger partial charge is 0.399 e. The normalized spacial score (nSPS) is 20.3. The fourth-order valence-electron chi connectivity index (χ4n) is 1.93. The molecule has 1 aliphatic heterocycles. The summed E-state index contributed by atoms with van der Waals surface area (Å²) in [6.45, 7) is 7.83. The zero-order valence-electron chi connectivity index (χ0n) is 11.9. The highest BCUT2D eigenvalue weighted by atomic mass is 16.7. The van der Waals surface area contributed by atoms with Crippen LogP contribution in [-0.4, -0.2) is 22.9 Å². The SMILES string of the molecule is Cn1cc(B2OC(C)(C)C(C)(C)O2)cc(C#N)c1=O. The first kappa shape index (κ1) is 13.8. The van der Waals surface area contributed by atoms with Gasteiger partial charge in [0.05, 0.1) is 11.2 Å². The quantitative estimate of drug-likeness (QED) is 0.692. The molecule has 0 saturated carbocycles. The minimum atomic E-state index is -0.566. The molecule has 0 N–H and O–H groups in total. The Bertz CT molecular complexity index is 597. The average molecular weight is 260 g/mol. The second kappa shape index (κ2) is 4.22. The van der Waals surface area contributed by atoms with Crippen LogP contribution in [0.2, 0.25) is 0 Å². The first-order valence-corrected chi connectivity index (χ1v) is 6.14. The van der Waals surface area contributed by atoms with Crippen molar-refractivity contribution in [2.24, 2.45) is 7.05 Å². The molecular formula is C13H17BN2O3. The van der Waals surface area contributed by atoms with Gasteiger partial charge in [0, 0.05) is 18.7 Å². The van der Waals surface area contributed by atoms with Gasteiger partial charge in [-0.1, -0.05) is 0 Å². The average Bonchev–Trinajstić information content (AvgIpc) is 2.52. The van der Waals surface area contributed by atoms with Crippen LogP contribution in [0.25, 0.3) is 0 Å². The highest BCUT2D eigenvalue weighted by molar-refractivity contribution is 6.62. The Morgan fingerprint density at radius 2 is 1.79 bits per heavy atom. The van der Waals surface area contributed by atoms with E-state index in [1.165, 1.54) is 10.6 Å². The maximum atomic E-state index is 11.7. The lowest BCUT2D eigenvalue weighted by Gasteiger charge is -2.32. The van der Waals surface area contributed by atoms with E-state index in [0.29, 0.717) is 5.46 Å². The molecule has 5 nitrogen and oxygen atoms in total. The highest BCUT2D eigenvalue weighted by Crippen LogP contribution is 2.36. The molecule has 19 heavy (non-hydrogen) atoms. The number of pyridine rings is 1. The van der Waals surface area contributed by atoms with Crippen LogP contribution in [0.5, 0.6) is 0 Å². The summed E-state index contributed by atoms with van der Waals surface area (Å²) in [5.41, 5.74) is -0.437. The summed E-state index contributed by atoms with van der Waals surface area (Å²) in [5.74, 6) is 0. The van der Waals surface area contributed by atoms with E-state index in [4.69, 9.17) is 14.6 Å². The van der Waals surface area contributed by atoms with Crippen LogP contribution in [0.15, 0.2) is 17.1 Å². The van der Waals surface area contributed by atoms with E-state index in [9.17, 15) is 4.79 Å². The Morgan fingerprint density at radius 1 is 1.26 bits per heavy atom. The predicted molar refractivity (Wildman–Crippen MR) is 72.1 cm³/mol. The van der Waals surface area contributed by atoms with Crippen LogP contribution in [0.3, 0.4) is 0 Å². The lowest BCUT2D eigenvalue weighted by molar-refractivity contribution is 0.00578. The van der Waals surface area contributed by atoms with E-state index in [1.54, 1.807) is 13.2 Å². The molecule has 1 aliphatic rings. The molecule has 2 rings (SSSR count). The molecular weight excluding hydrogens is 243 g/mol. The molecule has 0 radical (unpaired) electrons. The van der Waals surface area contributed by atoms with Crippen molar-refractivity contribution in [1.29, 1.82) is 5.26 Å². The van der Waals surface area contributed by atoms with Crippen LogP contribution in [-0.2, 0) is 16.4 Å². The van der Waals surface area contributed by atoms with Gasteiger partial charge in [0.15, 0.2) is 0 Å². The zero-order valence-corrected chi connectivity index (χ0v) is 11.9. The number of aryl methyl sites for hydroxylation is 1. The molecule has 0 spiro atoms. The number of aromatic nitrogens is 1. The van der Waals surface area contributed by atoms with Gasteiger partial charge in [-0.05, 0) is 33.8 Å². The van der Waals surface area contributed by atoms with Crippen molar-refractivity contribution in [1.82, 2.24) is 4.57 Å². The van der Waals surface area contributed by atoms with Gasteiger partial charge in [-0.3, -0.25) is 4.79 Å². The molecule has 6 heteroatoms. The second-order valence-corrected chi connectivity index (χ2v) is 5.80. The Morgan fingerprint density at radius 3 is 2.26 bits per heavy atom. The fraction of sp³-hybridized carbons (Fsp3) is 0.538. The van der Waals surface area contributed by atoms with Gasteiger partial charge in [0.2, 0.25) is 0 Å². The van der Waals surface area contributed by atoms with Gasteiger partial charge < -0.3 is 13.9 Å². The van der Waals surface area contributed by atoms with Crippen LogP contribution >= 0.6 is 0 Å². The van der Waals surface area contributed by atoms with Crippen molar-refractivity contribution in [3.8, 4) is 6.07 Å². The molecule has 0 amide bonds. The molecule has 1 saturated heterocycles. The lowest BCUT2D eigenvalue weighted by atomic mass is 9.79. The van der Waals surface area contributed by atoms with Gasteiger partial charge in [0.1, 0.15) is 11.6 Å². The third-order valence-corrected chi connectivity index (χ3v) is 3.85. The van der Waals surface area contributed by atoms with Crippen LogP contribution < -0.4 is 11.0 Å². The molecule has 0 bridgehead atoms. The van der Waals surface area contributed by atoms with Crippen LogP contribution in [0.1, 0.15) is 33.3 Å². The Hall–Kier alpha value is -1.58. The highest BCUT2D eigenvalue weighted by Gasteiger charge is 2.51. The topological polar surface area (TPSA) is 64.2 Å². The molecule has 100 valence electrons. The van der Waals surface area contributed by atoms with Crippen molar-refractivity contribution in [3.05, 3.63) is 28.2 Å². The van der Waals surface area contributed by atoms with Gasteiger partial charge in [-0.25, -0.2) is 0 Å². The van der Waals surface area contributed by atoms with Gasteiger partial charge >= 0.3 is 7.12 Å². The molecule has 1 aromatic heterocycles. The maximum Gasteiger partial charge on any atom is 0.496 e. The number of hydrogen-bond acceptors (Lipinski definition) is 4. The molecule has 0 aliphatic carbocycles. The molecule has 0 aromatic carbocycles. The zero-order chi connectivity index (χ0) is 14.4. The van der Waals surface area contributed by atoms with Crippen molar-refractivity contribution < 1.29 is 9.31 Å². The molecule has 0 unspecified atom stereocenters. The summed E-state index contributed by atoms with van der Waals surface area (Å²) in [6.07, 6.45) is 1.64. The van der Waals surface area contributed by atoms with Crippen LogP contribution in [0, 0.1) is 11.3 Å². The summed E-state index contributed by atoms with van der Waals surface area (Å²) >= 11 is 0. The number of rotatable bonds is 1. The summed E-state index contributed by atoms with van der Waals surface area (Å²) in [5, 5.41) is 8.97. The molecule has 1 aromatic rings. The van der Waals surface area contributed by atoms with E-state index in [0.717, 1.165) is 0 Å². The largest absolute Gasteiger partial charge is 0.496 e. The third kappa shape index (κ3) is 2.20. The van der Waals surface area contributed by atoms with Crippen molar-refractivity contribution in [2.45, 2.75) is 38.9 Å². The lowest BCUT2D eigenvalue weighted by Crippen LogP contribution is -2.41. The number of hydrogen-bond donors (Lipinski definition) is 0. The summed E-state index contributed by atoms with van der Waals surface area (Å²) in [4.78, 5) is 11.7. The summed E-state index contributed by atoms with van der Waals surface area (Å²) < 4.78 is 13.2. The van der Waals surface area contributed by atoms with Crippen molar-refractivity contribution >= 4 is 12.6 Å². The Labute approximate surface area is 112 Å². The maximum absolute atomic E-state index is 11.7. The number of nitriles is 1. The van der Waals surface area contributed by atoms with E-state index < -0.39 is 18.3 Å². The van der Waals surface area contributed by atoms with E-state index in [2.05, 4.69) is 0 Å². The van der Waals surface area contributed by atoms with Crippen molar-refractivity contribution in [3.63, 3.8) is 0 Å².